The second kappa shape index (κ2) is 11.1. The lowest BCUT2D eigenvalue weighted by molar-refractivity contribution is -0.734. The van der Waals surface area contributed by atoms with Crippen LogP contribution in [0.5, 0.6) is 0 Å². The summed E-state index contributed by atoms with van der Waals surface area (Å²) < 4.78 is 2.69. The minimum Gasteiger partial charge on any atom is -0.191 e. The highest BCUT2D eigenvalue weighted by molar-refractivity contribution is 5.95. The number of pyridine rings is 1. The van der Waals surface area contributed by atoms with Crippen LogP contribution in [0.15, 0.2) is 61.8 Å². The van der Waals surface area contributed by atoms with Gasteiger partial charge in [-0.05, 0) is 56.9 Å². The topological polar surface area (TPSA) is 3.88 Å². The van der Waals surface area contributed by atoms with Crippen molar-refractivity contribution in [3.8, 4) is 11.3 Å². The molecule has 1 aromatic heterocycles. The summed E-state index contributed by atoms with van der Waals surface area (Å²) in [5, 5.41) is 2.75. The van der Waals surface area contributed by atoms with Gasteiger partial charge >= 0.3 is 0 Å². The second-order valence-corrected chi connectivity index (χ2v) is 13.4. The van der Waals surface area contributed by atoms with Crippen LogP contribution in [0.25, 0.3) is 22.0 Å². The zero-order chi connectivity index (χ0) is 30.3. The molecule has 6 rings (SSSR count). The van der Waals surface area contributed by atoms with Gasteiger partial charge in [0.1, 0.15) is 0 Å². The van der Waals surface area contributed by atoms with Gasteiger partial charge in [-0.25, -0.2) is 0 Å². The first-order chi connectivity index (χ1) is 18.9. The molecule has 40 heavy (non-hydrogen) atoms. The molecule has 1 heteroatoms. The van der Waals surface area contributed by atoms with Crippen LogP contribution in [0.2, 0.25) is 0 Å². The van der Waals surface area contributed by atoms with E-state index >= 15 is 0 Å². The highest BCUT2D eigenvalue weighted by Crippen LogP contribution is 2.70. The lowest BCUT2D eigenvalue weighted by atomic mass is 9.59. The van der Waals surface area contributed by atoms with Crippen molar-refractivity contribution < 1.29 is 4.57 Å². The van der Waals surface area contributed by atoms with Crippen LogP contribution >= 0.6 is 0 Å². The molecule has 2 aliphatic carbocycles. The number of benzene rings is 2. The lowest BCUT2D eigenvalue weighted by Crippen LogP contribution is -2.54. The van der Waals surface area contributed by atoms with Crippen molar-refractivity contribution in [2.45, 2.75) is 137 Å². The molecule has 1 aliphatic heterocycles. The van der Waals surface area contributed by atoms with Crippen LogP contribution in [0.4, 0.5) is 0 Å². The van der Waals surface area contributed by atoms with Gasteiger partial charge in [0.05, 0.1) is 16.4 Å². The summed E-state index contributed by atoms with van der Waals surface area (Å²) in [6.07, 6.45) is 8.70. The molecule has 0 spiro atoms. The second-order valence-electron chi connectivity index (χ2n) is 13.4. The molecule has 1 nitrogen and oxygen atoms in total. The zero-order valence-electron chi connectivity index (χ0n) is 28.0. The number of hydrogen-bond donors (Lipinski definition) is 0. The number of nitrogens with zero attached hydrogens (tertiary/aromatic N) is 1. The van der Waals surface area contributed by atoms with Crippen molar-refractivity contribution in [3.05, 3.63) is 78.5 Å². The van der Waals surface area contributed by atoms with E-state index in [1.54, 1.807) is 16.7 Å². The normalized spacial score (nSPS) is 24.8. The third-order valence-corrected chi connectivity index (χ3v) is 11.8. The standard InChI is InChI=1S/C31H38N.C4H10.C2H6.C2H4/c1-9-30-19-31(30,10-2)32-16-15-20-13-11-12-14-21(20)26(32)22-17-24-25(18-23(22)30)28(5,6)29(7,8)27(24,3)4;1-3-4-2;2*1-2/h11-18H,9-10,19H2,1-8H3;3-4H2,1-2H3;1-2H3;1-2H2/q+1;;;. The summed E-state index contributed by atoms with van der Waals surface area (Å²) in [5.74, 6) is 0. The fraction of sp³-hybridized carbons (Fsp3) is 0.564. The number of unbranched alkanes of at least 4 members (excludes halogenated alkanes) is 1. The Morgan fingerprint density at radius 2 is 1.27 bits per heavy atom. The Hall–Kier alpha value is -2.41. The van der Waals surface area contributed by atoms with Crippen LogP contribution in [-0.4, -0.2) is 0 Å². The Bertz CT molecular complexity index is 1350. The van der Waals surface area contributed by atoms with Gasteiger partial charge in [-0.15, -0.1) is 13.2 Å². The Morgan fingerprint density at radius 1 is 0.725 bits per heavy atom. The number of rotatable bonds is 3. The van der Waals surface area contributed by atoms with E-state index in [0.717, 1.165) is 0 Å². The molecule has 218 valence electrons. The Balaban J connectivity index is 0.000000500. The maximum Gasteiger partial charge on any atom is 0.221 e. The summed E-state index contributed by atoms with van der Waals surface area (Å²) >= 11 is 0. The molecule has 2 atom stereocenters. The molecule has 2 aromatic carbocycles. The van der Waals surface area contributed by atoms with Crippen LogP contribution < -0.4 is 4.57 Å². The van der Waals surface area contributed by atoms with Crippen LogP contribution in [-0.2, 0) is 21.8 Å². The molecule has 0 radical (unpaired) electrons. The molecule has 0 N–H and O–H groups in total. The highest BCUT2D eigenvalue weighted by atomic mass is 15.2. The van der Waals surface area contributed by atoms with Gasteiger partial charge in [-0.2, -0.15) is 4.57 Å². The summed E-state index contributed by atoms with van der Waals surface area (Å²) in [7, 11) is 0. The average Bonchev–Trinajstić information content (AvgIpc) is 3.67. The zero-order valence-corrected chi connectivity index (χ0v) is 28.0. The first-order valence-corrected chi connectivity index (χ1v) is 16.1. The fourth-order valence-electron chi connectivity index (χ4n) is 7.92. The molecule has 0 amide bonds. The Morgan fingerprint density at radius 3 is 1.80 bits per heavy atom. The predicted octanol–water partition coefficient (Wildman–Crippen LogP) is 11.2. The summed E-state index contributed by atoms with van der Waals surface area (Å²) in [4.78, 5) is 0. The summed E-state index contributed by atoms with van der Waals surface area (Å²) in [6.45, 7) is 34.0. The third kappa shape index (κ3) is 3.97. The van der Waals surface area contributed by atoms with Gasteiger partial charge in [-0.1, -0.05) is 120 Å². The van der Waals surface area contributed by atoms with Gasteiger partial charge in [-0.3, -0.25) is 0 Å². The lowest BCUT2D eigenvalue weighted by Gasteiger charge is -2.44. The van der Waals surface area contributed by atoms with E-state index in [2.05, 4.69) is 136 Å². The molecule has 3 aliphatic rings. The molecule has 0 saturated heterocycles. The number of aromatic nitrogens is 1. The average molecular weight is 541 g/mol. The van der Waals surface area contributed by atoms with E-state index in [4.69, 9.17) is 0 Å². The maximum absolute atomic E-state index is 3.00. The number of hydrogen-bond acceptors (Lipinski definition) is 0. The molecule has 3 aromatic rings. The highest BCUT2D eigenvalue weighted by Gasteiger charge is 2.77. The van der Waals surface area contributed by atoms with Gasteiger partial charge in [0, 0.05) is 18.9 Å². The predicted molar refractivity (Wildman–Crippen MR) is 177 cm³/mol. The van der Waals surface area contributed by atoms with E-state index in [1.807, 2.05) is 13.8 Å². The van der Waals surface area contributed by atoms with Crippen LogP contribution in [0.3, 0.4) is 0 Å². The van der Waals surface area contributed by atoms with E-state index in [0.29, 0.717) is 0 Å². The molecule has 1 fully saturated rings. The van der Waals surface area contributed by atoms with Gasteiger partial charge in [0.15, 0.2) is 11.7 Å². The van der Waals surface area contributed by atoms with Crippen molar-refractivity contribution in [1.82, 2.24) is 0 Å². The number of fused-ring (bicyclic) bond motifs is 9. The molecule has 1 saturated carbocycles. The largest absolute Gasteiger partial charge is 0.221 e. The monoisotopic (exact) mass is 540 g/mol. The van der Waals surface area contributed by atoms with Crippen molar-refractivity contribution in [1.29, 1.82) is 0 Å². The van der Waals surface area contributed by atoms with E-state index in [1.165, 1.54) is 54.1 Å². The fourth-order valence-corrected chi connectivity index (χ4v) is 7.92. The van der Waals surface area contributed by atoms with Crippen molar-refractivity contribution in [2.75, 3.05) is 0 Å². The van der Waals surface area contributed by atoms with E-state index in [-0.39, 0.29) is 27.2 Å². The Labute approximate surface area is 247 Å². The van der Waals surface area contributed by atoms with E-state index < -0.39 is 0 Å². The first-order valence-electron chi connectivity index (χ1n) is 16.1. The first kappa shape index (κ1) is 32.1. The van der Waals surface area contributed by atoms with E-state index in [9.17, 15) is 0 Å². The molecule has 0 bridgehead atoms. The summed E-state index contributed by atoms with van der Waals surface area (Å²) in [6, 6.07) is 16.6. The molecule has 2 unspecified atom stereocenters. The van der Waals surface area contributed by atoms with Gasteiger partial charge in [0.2, 0.25) is 5.69 Å². The summed E-state index contributed by atoms with van der Waals surface area (Å²) in [5.41, 5.74) is 8.64. The Kier molecular flexibility index (Phi) is 8.92. The van der Waals surface area contributed by atoms with Crippen molar-refractivity contribution in [2.24, 2.45) is 5.41 Å². The maximum atomic E-state index is 3.00. The van der Waals surface area contributed by atoms with Gasteiger partial charge in [0.25, 0.3) is 0 Å². The molecule has 2 heterocycles. The van der Waals surface area contributed by atoms with Crippen molar-refractivity contribution >= 4 is 10.8 Å². The smallest absolute Gasteiger partial charge is 0.191 e. The molecular weight excluding hydrogens is 482 g/mol. The minimum atomic E-state index is 0.124. The molecular formula is C39H58N+. The van der Waals surface area contributed by atoms with Crippen LogP contribution in [0.1, 0.15) is 132 Å². The minimum absolute atomic E-state index is 0.124. The third-order valence-electron chi connectivity index (χ3n) is 11.8. The van der Waals surface area contributed by atoms with Crippen molar-refractivity contribution in [3.63, 3.8) is 0 Å². The SMILES string of the molecule is C=C.CC.CCC12CC1(CC)[n+]1ccc3ccccc3c1-c1cc3c(cc12)C(C)(C)C(C)(C)C3(C)C.CCCC. The quantitative estimate of drug-likeness (QED) is 0.230. The van der Waals surface area contributed by atoms with Crippen LogP contribution in [0, 0.1) is 5.41 Å². The van der Waals surface area contributed by atoms with Gasteiger partial charge < -0.3 is 0 Å².